The molecule has 4 nitrogen and oxygen atoms in total. The summed E-state index contributed by atoms with van der Waals surface area (Å²) in [6.45, 7) is 1.41. The molecule has 3 atom stereocenters. The minimum Gasteiger partial charge on any atom is -0.327 e. The van der Waals surface area contributed by atoms with Crippen molar-refractivity contribution in [3.8, 4) is 0 Å². The third-order valence-corrected chi connectivity index (χ3v) is 5.33. The Kier molecular flexibility index (Phi) is 3.56. The summed E-state index contributed by atoms with van der Waals surface area (Å²) in [5.74, 6) is 1.17. The molecule has 0 amide bonds. The van der Waals surface area contributed by atoms with Gasteiger partial charge in [-0.25, -0.2) is 12.7 Å². The smallest absolute Gasteiger partial charge is 0.211 e. The minimum absolute atomic E-state index is 0.369. The molecule has 1 heterocycles. The topological polar surface area (TPSA) is 63.4 Å². The first-order valence-corrected chi connectivity index (χ1v) is 8.02. The standard InChI is InChI=1S/C11H22N2O2S/c1-16(14,15)13-6-2-3-9(8-13)7-10-4-5-11(10)12/h9-11H,2-8,12H2,1H3. The Bertz CT molecular complexity index is 342. The average Bonchev–Trinajstić information content (AvgIpc) is 2.23. The van der Waals surface area contributed by atoms with Gasteiger partial charge in [0.1, 0.15) is 0 Å². The predicted molar refractivity (Wildman–Crippen MR) is 64.5 cm³/mol. The molecule has 0 spiro atoms. The van der Waals surface area contributed by atoms with Crippen molar-refractivity contribution in [1.82, 2.24) is 4.31 Å². The molecule has 0 radical (unpaired) electrons. The van der Waals surface area contributed by atoms with Crippen molar-refractivity contribution in [3.05, 3.63) is 0 Å². The van der Waals surface area contributed by atoms with Crippen LogP contribution in [0, 0.1) is 11.8 Å². The third-order valence-electron chi connectivity index (χ3n) is 4.06. The Labute approximate surface area is 98.2 Å². The first-order valence-electron chi connectivity index (χ1n) is 6.17. The van der Waals surface area contributed by atoms with Crippen LogP contribution in [0.2, 0.25) is 0 Å². The Morgan fingerprint density at radius 2 is 2.06 bits per heavy atom. The summed E-state index contributed by atoms with van der Waals surface area (Å²) in [4.78, 5) is 0. The van der Waals surface area contributed by atoms with Gasteiger partial charge in [-0.3, -0.25) is 0 Å². The van der Waals surface area contributed by atoms with E-state index in [1.54, 1.807) is 4.31 Å². The Balaban J connectivity index is 1.87. The molecular weight excluding hydrogens is 224 g/mol. The van der Waals surface area contributed by atoms with E-state index in [0.717, 1.165) is 25.7 Å². The van der Waals surface area contributed by atoms with Crippen LogP contribution >= 0.6 is 0 Å². The largest absolute Gasteiger partial charge is 0.327 e. The lowest BCUT2D eigenvalue weighted by molar-refractivity contribution is 0.166. The van der Waals surface area contributed by atoms with Gasteiger partial charge in [0.05, 0.1) is 6.26 Å². The quantitative estimate of drug-likeness (QED) is 0.800. The lowest BCUT2D eigenvalue weighted by Crippen LogP contribution is -2.44. The van der Waals surface area contributed by atoms with Crippen molar-refractivity contribution in [2.45, 2.75) is 38.1 Å². The van der Waals surface area contributed by atoms with Crippen LogP contribution in [-0.2, 0) is 10.0 Å². The highest BCUT2D eigenvalue weighted by Crippen LogP contribution is 2.34. The predicted octanol–water partition coefficient (Wildman–Crippen LogP) is 0.785. The molecule has 16 heavy (non-hydrogen) atoms. The molecule has 5 heteroatoms. The number of rotatable bonds is 3. The van der Waals surface area contributed by atoms with Gasteiger partial charge in [0, 0.05) is 19.1 Å². The lowest BCUT2D eigenvalue weighted by atomic mass is 9.74. The van der Waals surface area contributed by atoms with E-state index in [0.29, 0.717) is 31.0 Å². The van der Waals surface area contributed by atoms with Crippen molar-refractivity contribution >= 4 is 10.0 Å². The fourth-order valence-electron chi connectivity index (χ4n) is 2.84. The van der Waals surface area contributed by atoms with E-state index >= 15 is 0 Å². The number of nitrogens with zero attached hydrogens (tertiary/aromatic N) is 1. The van der Waals surface area contributed by atoms with Gasteiger partial charge in [-0.15, -0.1) is 0 Å². The molecule has 3 unspecified atom stereocenters. The molecule has 1 aliphatic carbocycles. The number of sulfonamides is 1. The van der Waals surface area contributed by atoms with Crippen LogP contribution < -0.4 is 5.73 Å². The molecule has 1 aliphatic heterocycles. The zero-order valence-corrected chi connectivity index (χ0v) is 10.7. The van der Waals surface area contributed by atoms with Crippen LogP contribution in [0.1, 0.15) is 32.1 Å². The highest BCUT2D eigenvalue weighted by Gasteiger charge is 2.33. The van der Waals surface area contributed by atoms with Gasteiger partial charge < -0.3 is 5.73 Å². The molecule has 94 valence electrons. The Hall–Kier alpha value is -0.130. The SMILES string of the molecule is CS(=O)(=O)N1CCCC(CC2CCC2N)C1. The van der Waals surface area contributed by atoms with Crippen LogP contribution in [0.25, 0.3) is 0 Å². The second-order valence-electron chi connectivity index (χ2n) is 5.37. The molecule has 2 N–H and O–H groups in total. The molecule has 0 aromatic heterocycles. The first-order chi connectivity index (χ1) is 7.47. The lowest BCUT2D eigenvalue weighted by Gasteiger charge is -2.39. The summed E-state index contributed by atoms with van der Waals surface area (Å²) in [5.41, 5.74) is 5.93. The zero-order valence-electron chi connectivity index (χ0n) is 9.93. The number of hydrogen-bond donors (Lipinski definition) is 1. The fourth-order valence-corrected chi connectivity index (χ4v) is 3.78. The van der Waals surface area contributed by atoms with Gasteiger partial charge in [0.25, 0.3) is 0 Å². The van der Waals surface area contributed by atoms with E-state index in [4.69, 9.17) is 5.73 Å². The number of nitrogens with two attached hydrogens (primary N) is 1. The highest BCUT2D eigenvalue weighted by atomic mass is 32.2. The summed E-state index contributed by atoms with van der Waals surface area (Å²) in [7, 11) is -2.99. The Morgan fingerprint density at radius 1 is 1.31 bits per heavy atom. The average molecular weight is 246 g/mol. The maximum absolute atomic E-state index is 11.5. The molecule has 2 rings (SSSR count). The van der Waals surface area contributed by atoms with Crippen LogP contribution in [0.4, 0.5) is 0 Å². The maximum atomic E-state index is 11.5. The maximum Gasteiger partial charge on any atom is 0.211 e. The van der Waals surface area contributed by atoms with Gasteiger partial charge in [0.2, 0.25) is 10.0 Å². The zero-order chi connectivity index (χ0) is 11.8. The monoisotopic (exact) mass is 246 g/mol. The number of hydrogen-bond acceptors (Lipinski definition) is 3. The van der Waals surface area contributed by atoms with Gasteiger partial charge in [0.15, 0.2) is 0 Å². The molecule has 2 aliphatic rings. The normalized spacial score (nSPS) is 37.0. The second-order valence-corrected chi connectivity index (χ2v) is 7.35. The van der Waals surface area contributed by atoms with Gasteiger partial charge >= 0.3 is 0 Å². The summed E-state index contributed by atoms with van der Waals surface area (Å²) >= 11 is 0. The van der Waals surface area contributed by atoms with Crippen molar-refractivity contribution in [3.63, 3.8) is 0 Å². The molecular formula is C11H22N2O2S. The van der Waals surface area contributed by atoms with Gasteiger partial charge in [-0.1, -0.05) is 0 Å². The molecule has 0 aromatic rings. The fraction of sp³-hybridized carbons (Fsp3) is 1.00. The summed E-state index contributed by atoms with van der Waals surface area (Å²) in [5, 5.41) is 0. The summed E-state index contributed by atoms with van der Waals surface area (Å²) < 4.78 is 24.6. The second kappa shape index (κ2) is 4.63. The molecule has 2 fully saturated rings. The van der Waals surface area contributed by atoms with Crippen LogP contribution in [-0.4, -0.2) is 38.1 Å². The summed E-state index contributed by atoms with van der Waals surface area (Å²) in [6.07, 6.45) is 6.97. The third kappa shape index (κ3) is 2.76. The van der Waals surface area contributed by atoms with Crippen molar-refractivity contribution in [2.75, 3.05) is 19.3 Å². The first kappa shape index (κ1) is 12.3. The van der Waals surface area contributed by atoms with Crippen LogP contribution in [0.5, 0.6) is 0 Å². The molecule has 1 saturated heterocycles. The summed E-state index contributed by atoms with van der Waals surface area (Å²) in [6, 6.07) is 0.369. The van der Waals surface area contributed by atoms with E-state index < -0.39 is 10.0 Å². The van der Waals surface area contributed by atoms with E-state index in [2.05, 4.69) is 0 Å². The van der Waals surface area contributed by atoms with E-state index in [-0.39, 0.29) is 0 Å². The molecule has 1 saturated carbocycles. The van der Waals surface area contributed by atoms with E-state index in [9.17, 15) is 8.42 Å². The highest BCUT2D eigenvalue weighted by molar-refractivity contribution is 7.88. The van der Waals surface area contributed by atoms with Crippen LogP contribution in [0.15, 0.2) is 0 Å². The minimum atomic E-state index is -2.99. The Morgan fingerprint density at radius 3 is 2.56 bits per heavy atom. The van der Waals surface area contributed by atoms with Crippen LogP contribution in [0.3, 0.4) is 0 Å². The van der Waals surface area contributed by atoms with Crippen molar-refractivity contribution in [2.24, 2.45) is 17.6 Å². The molecule has 0 aromatic carbocycles. The van der Waals surface area contributed by atoms with Crippen molar-refractivity contribution in [1.29, 1.82) is 0 Å². The molecule has 0 bridgehead atoms. The van der Waals surface area contributed by atoms with E-state index in [1.807, 2.05) is 0 Å². The van der Waals surface area contributed by atoms with Gasteiger partial charge in [-0.05, 0) is 43.9 Å². The van der Waals surface area contributed by atoms with E-state index in [1.165, 1.54) is 12.7 Å². The number of piperidine rings is 1. The van der Waals surface area contributed by atoms with Crippen molar-refractivity contribution < 1.29 is 8.42 Å². The van der Waals surface area contributed by atoms with Gasteiger partial charge in [-0.2, -0.15) is 0 Å².